The van der Waals surface area contributed by atoms with Gasteiger partial charge in [-0.15, -0.1) is 0 Å². The number of nitrogens with two attached hydrogens (primary N) is 1. The lowest BCUT2D eigenvalue weighted by molar-refractivity contribution is -0.0275. The van der Waals surface area contributed by atoms with Crippen LogP contribution in [0.15, 0.2) is 0 Å². The van der Waals surface area contributed by atoms with Crippen LogP contribution in [0, 0.1) is 11.8 Å². The van der Waals surface area contributed by atoms with E-state index in [1.807, 2.05) is 0 Å². The Morgan fingerprint density at radius 2 is 2.18 bits per heavy atom. The van der Waals surface area contributed by atoms with Gasteiger partial charge in [0.2, 0.25) is 0 Å². The second-order valence-corrected chi connectivity index (χ2v) is 5.64. The normalized spacial score (nSPS) is 28.9. The summed E-state index contributed by atoms with van der Waals surface area (Å²) in [6.45, 7) is 5.24. The van der Waals surface area contributed by atoms with E-state index < -0.39 is 0 Å². The topological polar surface area (TPSA) is 55.5 Å². The molecule has 1 aliphatic rings. The lowest BCUT2D eigenvalue weighted by Gasteiger charge is -2.29. The molecule has 0 aromatic rings. The van der Waals surface area contributed by atoms with Crippen LogP contribution in [-0.4, -0.2) is 30.5 Å². The maximum Gasteiger partial charge on any atom is 0.0956 e. The first-order valence-electron chi connectivity index (χ1n) is 7.15. The molecule has 3 nitrogen and oxygen atoms in total. The van der Waals surface area contributed by atoms with Gasteiger partial charge in [-0.2, -0.15) is 0 Å². The Bertz CT molecular complexity index is 199. The van der Waals surface area contributed by atoms with Gasteiger partial charge < -0.3 is 15.6 Å². The van der Waals surface area contributed by atoms with Gasteiger partial charge in [0.15, 0.2) is 0 Å². The minimum absolute atomic E-state index is 0.0222. The maximum atomic E-state index is 9.30. The Labute approximate surface area is 106 Å². The fourth-order valence-corrected chi connectivity index (χ4v) is 2.80. The average molecular weight is 243 g/mol. The van der Waals surface area contributed by atoms with Crippen LogP contribution in [-0.2, 0) is 4.74 Å². The highest BCUT2D eigenvalue weighted by Crippen LogP contribution is 2.28. The van der Waals surface area contributed by atoms with E-state index in [-0.39, 0.29) is 18.8 Å². The summed E-state index contributed by atoms with van der Waals surface area (Å²) in [5, 5.41) is 9.30. The minimum atomic E-state index is -0.174. The van der Waals surface area contributed by atoms with Crippen LogP contribution < -0.4 is 5.73 Å². The quantitative estimate of drug-likeness (QED) is 0.721. The summed E-state index contributed by atoms with van der Waals surface area (Å²) >= 11 is 0. The van der Waals surface area contributed by atoms with Gasteiger partial charge in [-0.3, -0.25) is 0 Å². The number of rotatable bonds is 7. The SMILES string of the molecule is CCCC(N)C(CO)OCC1CCCC(C)C1. The number of hydrogen-bond acceptors (Lipinski definition) is 3. The predicted octanol–water partition coefficient (Wildman–Crippen LogP) is 2.32. The van der Waals surface area contributed by atoms with E-state index in [0.29, 0.717) is 5.92 Å². The van der Waals surface area contributed by atoms with E-state index in [1.54, 1.807) is 0 Å². The summed E-state index contributed by atoms with van der Waals surface area (Å²) in [5.74, 6) is 1.50. The van der Waals surface area contributed by atoms with Crippen molar-refractivity contribution in [2.75, 3.05) is 13.2 Å². The first-order valence-corrected chi connectivity index (χ1v) is 7.15. The van der Waals surface area contributed by atoms with Crippen LogP contribution >= 0.6 is 0 Å². The molecule has 17 heavy (non-hydrogen) atoms. The second kappa shape index (κ2) is 8.06. The smallest absolute Gasteiger partial charge is 0.0956 e. The van der Waals surface area contributed by atoms with Gasteiger partial charge in [0, 0.05) is 12.6 Å². The largest absolute Gasteiger partial charge is 0.394 e. The first kappa shape index (κ1) is 14.9. The number of ether oxygens (including phenoxy) is 1. The zero-order valence-corrected chi connectivity index (χ0v) is 11.4. The summed E-state index contributed by atoms with van der Waals surface area (Å²) in [5.41, 5.74) is 6.00. The molecule has 4 unspecified atom stereocenters. The molecule has 1 fully saturated rings. The highest BCUT2D eigenvalue weighted by atomic mass is 16.5. The molecule has 0 heterocycles. The van der Waals surface area contributed by atoms with Crippen molar-refractivity contribution in [3.63, 3.8) is 0 Å². The highest BCUT2D eigenvalue weighted by Gasteiger charge is 2.22. The Balaban J connectivity index is 2.26. The summed E-state index contributed by atoms with van der Waals surface area (Å²) < 4.78 is 5.82. The molecule has 1 saturated carbocycles. The summed E-state index contributed by atoms with van der Waals surface area (Å²) in [6.07, 6.45) is 7.00. The Morgan fingerprint density at radius 1 is 1.41 bits per heavy atom. The summed E-state index contributed by atoms with van der Waals surface area (Å²) in [4.78, 5) is 0. The van der Waals surface area contributed by atoms with E-state index in [0.717, 1.165) is 25.4 Å². The van der Waals surface area contributed by atoms with E-state index in [9.17, 15) is 5.11 Å². The monoisotopic (exact) mass is 243 g/mol. The fraction of sp³-hybridized carbons (Fsp3) is 1.00. The molecule has 0 radical (unpaired) electrons. The van der Waals surface area contributed by atoms with Crippen molar-refractivity contribution < 1.29 is 9.84 Å². The van der Waals surface area contributed by atoms with E-state index >= 15 is 0 Å². The molecule has 4 atom stereocenters. The van der Waals surface area contributed by atoms with Gasteiger partial charge in [0.25, 0.3) is 0 Å². The lowest BCUT2D eigenvalue weighted by Crippen LogP contribution is -2.40. The van der Waals surface area contributed by atoms with Gasteiger partial charge in [0.1, 0.15) is 0 Å². The zero-order valence-electron chi connectivity index (χ0n) is 11.4. The van der Waals surface area contributed by atoms with Crippen LogP contribution in [0.5, 0.6) is 0 Å². The Kier molecular flexibility index (Phi) is 7.09. The van der Waals surface area contributed by atoms with Crippen LogP contribution in [0.3, 0.4) is 0 Å². The Hall–Kier alpha value is -0.120. The maximum absolute atomic E-state index is 9.30. The van der Waals surface area contributed by atoms with E-state index in [1.165, 1.54) is 25.7 Å². The molecule has 1 aliphatic carbocycles. The molecule has 1 rings (SSSR count). The number of aliphatic hydroxyl groups excluding tert-OH is 1. The average Bonchev–Trinajstić information content (AvgIpc) is 2.30. The summed E-state index contributed by atoms with van der Waals surface area (Å²) in [7, 11) is 0. The molecule has 3 N–H and O–H groups in total. The van der Waals surface area contributed by atoms with Gasteiger partial charge in [-0.1, -0.05) is 33.1 Å². The second-order valence-electron chi connectivity index (χ2n) is 5.64. The fourth-order valence-electron chi connectivity index (χ4n) is 2.80. The van der Waals surface area contributed by atoms with Crippen molar-refractivity contribution in [2.45, 2.75) is 64.5 Å². The molecule has 0 bridgehead atoms. The van der Waals surface area contributed by atoms with Crippen LogP contribution in [0.25, 0.3) is 0 Å². The van der Waals surface area contributed by atoms with E-state index in [2.05, 4.69) is 13.8 Å². The number of aliphatic hydroxyl groups is 1. The molecule has 0 aliphatic heterocycles. The Morgan fingerprint density at radius 3 is 2.76 bits per heavy atom. The van der Waals surface area contributed by atoms with Crippen molar-refractivity contribution in [2.24, 2.45) is 17.6 Å². The lowest BCUT2D eigenvalue weighted by atomic mass is 9.83. The van der Waals surface area contributed by atoms with Crippen molar-refractivity contribution in [1.82, 2.24) is 0 Å². The summed E-state index contributed by atoms with van der Waals surface area (Å²) in [6, 6.07) is -0.0222. The molecule has 0 spiro atoms. The highest BCUT2D eigenvalue weighted by molar-refractivity contribution is 4.75. The molecule has 0 amide bonds. The third-order valence-electron chi connectivity index (χ3n) is 3.87. The van der Waals surface area contributed by atoms with Gasteiger partial charge in [0.05, 0.1) is 12.7 Å². The number of hydrogen-bond donors (Lipinski definition) is 2. The molecule has 3 heteroatoms. The van der Waals surface area contributed by atoms with Crippen molar-refractivity contribution in [3.8, 4) is 0 Å². The molecule has 0 saturated heterocycles. The molecular formula is C14H29NO2. The predicted molar refractivity (Wildman–Crippen MR) is 70.8 cm³/mol. The third kappa shape index (κ3) is 5.36. The third-order valence-corrected chi connectivity index (χ3v) is 3.87. The van der Waals surface area contributed by atoms with Crippen molar-refractivity contribution in [3.05, 3.63) is 0 Å². The first-order chi connectivity index (χ1) is 8.17. The molecular weight excluding hydrogens is 214 g/mol. The molecule has 102 valence electrons. The van der Waals surface area contributed by atoms with Crippen LogP contribution in [0.1, 0.15) is 52.4 Å². The van der Waals surface area contributed by atoms with Crippen molar-refractivity contribution >= 4 is 0 Å². The van der Waals surface area contributed by atoms with Crippen LogP contribution in [0.2, 0.25) is 0 Å². The van der Waals surface area contributed by atoms with Gasteiger partial charge >= 0.3 is 0 Å². The van der Waals surface area contributed by atoms with Gasteiger partial charge in [-0.05, 0) is 31.1 Å². The molecule has 0 aromatic carbocycles. The van der Waals surface area contributed by atoms with Crippen LogP contribution in [0.4, 0.5) is 0 Å². The zero-order chi connectivity index (χ0) is 12.7. The minimum Gasteiger partial charge on any atom is -0.394 e. The van der Waals surface area contributed by atoms with Crippen molar-refractivity contribution in [1.29, 1.82) is 0 Å². The molecule has 0 aromatic heterocycles. The van der Waals surface area contributed by atoms with Gasteiger partial charge in [-0.25, -0.2) is 0 Å². The van der Waals surface area contributed by atoms with E-state index in [4.69, 9.17) is 10.5 Å². The standard InChI is InChI=1S/C14H29NO2/c1-3-5-13(15)14(9-16)17-10-12-7-4-6-11(2)8-12/h11-14,16H,3-10,15H2,1-2H3.